The van der Waals surface area contributed by atoms with E-state index in [1.165, 1.54) is 39.1 Å². The van der Waals surface area contributed by atoms with Crippen LogP contribution in [0.15, 0.2) is 54.6 Å². The molecule has 0 radical (unpaired) electrons. The van der Waals surface area contributed by atoms with Gasteiger partial charge in [0.05, 0.1) is 5.69 Å². The van der Waals surface area contributed by atoms with Crippen molar-refractivity contribution >= 4 is 0 Å². The summed E-state index contributed by atoms with van der Waals surface area (Å²) < 4.78 is 0. The maximum absolute atomic E-state index is 4.94. The molecule has 0 saturated carbocycles. The average Bonchev–Trinajstić information content (AvgIpc) is 2.57. The van der Waals surface area contributed by atoms with Gasteiger partial charge in [0.25, 0.3) is 0 Å². The van der Waals surface area contributed by atoms with E-state index in [1.54, 1.807) is 0 Å². The lowest BCUT2D eigenvalue weighted by atomic mass is 9.83. The molecule has 1 nitrogen and oxygen atoms in total. The van der Waals surface area contributed by atoms with Gasteiger partial charge in [-0.1, -0.05) is 54.6 Å². The first-order valence-electron chi connectivity index (χ1n) is 7.89. The molecule has 22 heavy (non-hydrogen) atoms. The number of fused-ring (bicyclic) bond motifs is 3. The van der Waals surface area contributed by atoms with Crippen LogP contribution in [0, 0.1) is 13.8 Å². The van der Waals surface area contributed by atoms with E-state index in [9.17, 15) is 0 Å². The Morgan fingerprint density at radius 2 is 1.55 bits per heavy atom. The van der Waals surface area contributed by atoms with Crippen molar-refractivity contribution in [3.05, 3.63) is 77.0 Å². The minimum atomic E-state index is 1.07. The van der Waals surface area contributed by atoms with Crippen molar-refractivity contribution in [2.45, 2.75) is 26.7 Å². The van der Waals surface area contributed by atoms with Gasteiger partial charge in [0.2, 0.25) is 0 Å². The van der Waals surface area contributed by atoms with E-state index in [2.05, 4.69) is 68.4 Å². The van der Waals surface area contributed by atoms with Crippen LogP contribution >= 0.6 is 0 Å². The highest BCUT2D eigenvalue weighted by Crippen LogP contribution is 2.39. The van der Waals surface area contributed by atoms with Gasteiger partial charge in [-0.05, 0) is 54.5 Å². The summed E-state index contributed by atoms with van der Waals surface area (Å²) in [5.41, 5.74) is 10.5. The van der Waals surface area contributed by atoms with E-state index in [4.69, 9.17) is 4.98 Å². The summed E-state index contributed by atoms with van der Waals surface area (Å²) in [4.78, 5) is 4.94. The fraction of sp³-hybridized carbons (Fsp3) is 0.190. The van der Waals surface area contributed by atoms with E-state index in [-0.39, 0.29) is 0 Å². The average molecular weight is 285 g/mol. The van der Waals surface area contributed by atoms with Crippen LogP contribution in [0.1, 0.15) is 22.4 Å². The first-order chi connectivity index (χ1) is 10.8. The third-order valence-corrected chi connectivity index (χ3v) is 4.76. The molecule has 0 saturated heterocycles. The lowest BCUT2D eigenvalue weighted by Crippen LogP contribution is -2.10. The summed E-state index contributed by atoms with van der Waals surface area (Å²) in [5, 5.41) is 0. The van der Waals surface area contributed by atoms with Crippen LogP contribution < -0.4 is 0 Å². The maximum atomic E-state index is 4.94. The van der Waals surface area contributed by atoms with Gasteiger partial charge in [-0.2, -0.15) is 0 Å². The van der Waals surface area contributed by atoms with Gasteiger partial charge in [0, 0.05) is 11.3 Å². The molecule has 108 valence electrons. The zero-order valence-electron chi connectivity index (χ0n) is 13.1. The molecule has 1 heteroatoms. The molecule has 0 unspecified atom stereocenters. The monoisotopic (exact) mass is 285 g/mol. The minimum absolute atomic E-state index is 1.07. The van der Waals surface area contributed by atoms with Crippen molar-refractivity contribution in [2.24, 2.45) is 0 Å². The predicted octanol–water partition coefficient (Wildman–Crippen LogP) is 5.13. The van der Waals surface area contributed by atoms with Gasteiger partial charge in [-0.25, -0.2) is 0 Å². The molecule has 1 aliphatic rings. The van der Waals surface area contributed by atoms with Crippen LogP contribution in [-0.2, 0) is 12.8 Å². The quantitative estimate of drug-likeness (QED) is 0.604. The number of hydrogen-bond acceptors (Lipinski definition) is 1. The summed E-state index contributed by atoms with van der Waals surface area (Å²) in [6.07, 6.45) is 2.18. The Bertz CT molecular complexity index is 847. The second-order valence-electron chi connectivity index (χ2n) is 6.05. The van der Waals surface area contributed by atoms with Crippen LogP contribution in [-0.4, -0.2) is 4.98 Å². The largest absolute Gasteiger partial charge is 0.253 e. The number of aryl methyl sites for hydroxylation is 2. The highest BCUT2D eigenvalue weighted by Gasteiger charge is 2.22. The fourth-order valence-corrected chi connectivity index (χ4v) is 3.54. The Balaban J connectivity index is 2.05. The third kappa shape index (κ3) is 1.97. The summed E-state index contributed by atoms with van der Waals surface area (Å²) in [6, 6.07) is 19.4. The molecule has 1 aromatic heterocycles. The summed E-state index contributed by atoms with van der Waals surface area (Å²) in [5.74, 6) is 0. The van der Waals surface area contributed by atoms with Crippen LogP contribution in [0.25, 0.3) is 22.4 Å². The molecule has 3 aromatic rings. The zero-order chi connectivity index (χ0) is 15.1. The lowest BCUT2D eigenvalue weighted by Gasteiger charge is -2.24. The van der Waals surface area contributed by atoms with Crippen LogP contribution in [0.4, 0.5) is 0 Å². The molecular weight excluding hydrogens is 266 g/mol. The Morgan fingerprint density at radius 3 is 2.36 bits per heavy atom. The Labute approximate surface area is 131 Å². The highest BCUT2D eigenvalue weighted by molar-refractivity contribution is 5.81. The molecule has 0 amide bonds. The van der Waals surface area contributed by atoms with Gasteiger partial charge in [-0.3, -0.25) is 4.98 Å². The van der Waals surface area contributed by atoms with E-state index < -0.39 is 0 Å². The van der Waals surface area contributed by atoms with E-state index in [0.29, 0.717) is 0 Å². The van der Waals surface area contributed by atoms with Gasteiger partial charge in [0.15, 0.2) is 0 Å². The Morgan fingerprint density at radius 1 is 0.818 bits per heavy atom. The lowest BCUT2D eigenvalue weighted by molar-refractivity contribution is 0.919. The van der Waals surface area contributed by atoms with Crippen molar-refractivity contribution in [3.8, 4) is 22.4 Å². The van der Waals surface area contributed by atoms with E-state index in [0.717, 1.165) is 18.5 Å². The molecule has 4 rings (SSSR count). The van der Waals surface area contributed by atoms with E-state index >= 15 is 0 Å². The molecule has 0 bridgehead atoms. The molecule has 1 heterocycles. The van der Waals surface area contributed by atoms with Crippen molar-refractivity contribution in [1.29, 1.82) is 0 Å². The number of rotatable bonds is 1. The van der Waals surface area contributed by atoms with Crippen LogP contribution in [0.3, 0.4) is 0 Å². The van der Waals surface area contributed by atoms with Crippen molar-refractivity contribution in [2.75, 3.05) is 0 Å². The highest BCUT2D eigenvalue weighted by atomic mass is 14.7. The van der Waals surface area contributed by atoms with Gasteiger partial charge < -0.3 is 0 Å². The maximum Gasteiger partial charge on any atom is 0.0746 e. The number of nitrogens with zero attached hydrogens (tertiary/aromatic N) is 1. The van der Waals surface area contributed by atoms with Crippen LogP contribution in [0.2, 0.25) is 0 Å². The molecule has 0 N–H and O–H groups in total. The molecule has 2 aromatic carbocycles. The van der Waals surface area contributed by atoms with Gasteiger partial charge >= 0.3 is 0 Å². The fourth-order valence-electron chi connectivity index (χ4n) is 3.54. The smallest absolute Gasteiger partial charge is 0.0746 e. The summed E-state index contributed by atoms with van der Waals surface area (Å²) >= 11 is 0. The number of aromatic nitrogens is 1. The number of hydrogen-bond donors (Lipinski definition) is 0. The Kier molecular flexibility index (Phi) is 3.07. The summed E-state index contributed by atoms with van der Waals surface area (Å²) in [6.45, 7) is 4.32. The standard InChI is InChI=1S/C21H19N/c1-14-15(2)22-21-18-11-7-6-8-16(18)12-13-19(21)20(14)17-9-4-3-5-10-17/h3-11H,12-13H2,1-2H3. The van der Waals surface area contributed by atoms with E-state index in [1.807, 2.05) is 0 Å². The SMILES string of the molecule is Cc1nc2c(c(-c3ccccc3)c1C)CCc1ccccc1-2. The second-order valence-corrected chi connectivity index (χ2v) is 6.05. The minimum Gasteiger partial charge on any atom is -0.253 e. The second kappa shape index (κ2) is 5.10. The molecular formula is C21H19N. The molecule has 0 atom stereocenters. The van der Waals surface area contributed by atoms with Crippen molar-refractivity contribution < 1.29 is 0 Å². The number of benzene rings is 2. The van der Waals surface area contributed by atoms with Crippen LogP contribution in [0.5, 0.6) is 0 Å². The normalized spacial score (nSPS) is 12.6. The van der Waals surface area contributed by atoms with Gasteiger partial charge in [-0.15, -0.1) is 0 Å². The van der Waals surface area contributed by atoms with Crippen molar-refractivity contribution in [1.82, 2.24) is 4.98 Å². The molecule has 0 fully saturated rings. The Hall–Kier alpha value is -2.41. The molecule has 0 aliphatic heterocycles. The first-order valence-corrected chi connectivity index (χ1v) is 7.89. The third-order valence-electron chi connectivity index (χ3n) is 4.76. The zero-order valence-corrected chi connectivity index (χ0v) is 13.1. The topological polar surface area (TPSA) is 12.9 Å². The molecule has 1 aliphatic carbocycles. The molecule has 0 spiro atoms. The first kappa shape index (κ1) is 13.3. The number of pyridine rings is 1. The predicted molar refractivity (Wildman–Crippen MR) is 92.0 cm³/mol. The summed E-state index contributed by atoms with van der Waals surface area (Å²) in [7, 11) is 0. The van der Waals surface area contributed by atoms with Gasteiger partial charge in [0.1, 0.15) is 0 Å². The van der Waals surface area contributed by atoms with Crippen molar-refractivity contribution in [3.63, 3.8) is 0 Å².